The molecular formula is C22H16F9N5O2S. The zero-order chi connectivity index (χ0) is 29.3. The molecule has 3 aromatic rings. The van der Waals surface area contributed by atoms with Gasteiger partial charge < -0.3 is 10.2 Å². The fourth-order valence-electron chi connectivity index (χ4n) is 3.28. The van der Waals surface area contributed by atoms with Crippen molar-refractivity contribution in [3.05, 3.63) is 64.1 Å². The van der Waals surface area contributed by atoms with Crippen LogP contribution in [0.3, 0.4) is 0 Å². The van der Waals surface area contributed by atoms with Crippen molar-refractivity contribution in [2.45, 2.75) is 31.5 Å². The van der Waals surface area contributed by atoms with E-state index < -0.39 is 59.6 Å². The minimum atomic E-state index is -5.16. The van der Waals surface area contributed by atoms with E-state index in [9.17, 15) is 49.1 Å². The van der Waals surface area contributed by atoms with Gasteiger partial charge in [-0.1, -0.05) is 0 Å². The lowest BCUT2D eigenvalue weighted by Crippen LogP contribution is -2.35. The Morgan fingerprint density at radius 3 is 2.03 bits per heavy atom. The van der Waals surface area contributed by atoms with Crippen LogP contribution in [0.5, 0.6) is 0 Å². The maximum atomic E-state index is 13.2. The molecule has 0 radical (unpaired) electrons. The predicted octanol–water partition coefficient (Wildman–Crippen LogP) is 5.76. The molecule has 0 aliphatic carbocycles. The van der Waals surface area contributed by atoms with Crippen LogP contribution in [0.15, 0.2) is 36.8 Å². The molecule has 2 aromatic heterocycles. The number of amides is 2. The summed E-state index contributed by atoms with van der Waals surface area (Å²) in [5, 5.41) is 2.27. The number of nitrogens with one attached hydrogen (secondary N) is 1. The molecule has 210 valence electrons. The van der Waals surface area contributed by atoms with Crippen molar-refractivity contribution in [2.24, 2.45) is 0 Å². The Morgan fingerprint density at radius 2 is 1.49 bits per heavy atom. The van der Waals surface area contributed by atoms with E-state index in [1.54, 1.807) is 0 Å². The molecule has 0 saturated carbocycles. The molecule has 1 N–H and O–H groups in total. The van der Waals surface area contributed by atoms with Crippen LogP contribution in [-0.2, 0) is 12.4 Å². The second kappa shape index (κ2) is 10.8. The molecule has 0 aliphatic heterocycles. The number of thiazole rings is 1. The highest BCUT2D eigenvalue weighted by atomic mass is 32.1. The Hall–Kier alpha value is -3.76. The first-order valence-electron chi connectivity index (χ1n) is 10.6. The van der Waals surface area contributed by atoms with E-state index in [4.69, 9.17) is 0 Å². The van der Waals surface area contributed by atoms with Gasteiger partial charge in [-0.25, -0.2) is 4.98 Å². The summed E-state index contributed by atoms with van der Waals surface area (Å²) < 4.78 is 117. The van der Waals surface area contributed by atoms with Gasteiger partial charge in [0.2, 0.25) is 0 Å². The van der Waals surface area contributed by atoms with Crippen LogP contribution in [0.4, 0.5) is 39.5 Å². The van der Waals surface area contributed by atoms with Crippen molar-refractivity contribution in [3.8, 4) is 10.7 Å². The van der Waals surface area contributed by atoms with Crippen LogP contribution in [0, 0.1) is 0 Å². The Morgan fingerprint density at radius 1 is 0.923 bits per heavy atom. The number of alkyl halides is 9. The summed E-state index contributed by atoms with van der Waals surface area (Å²) in [7, 11) is 0.943. The number of benzene rings is 1. The molecule has 1 atom stereocenters. The quantitative estimate of drug-likeness (QED) is 0.372. The zero-order valence-corrected chi connectivity index (χ0v) is 20.5. The second-order valence-corrected chi connectivity index (χ2v) is 9.12. The van der Waals surface area contributed by atoms with E-state index in [1.165, 1.54) is 19.3 Å². The van der Waals surface area contributed by atoms with E-state index in [2.05, 4.69) is 20.3 Å². The highest BCUT2D eigenvalue weighted by molar-refractivity contribution is 7.16. The monoisotopic (exact) mass is 585 g/mol. The van der Waals surface area contributed by atoms with Crippen LogP contribution in [-0.4, -0.2) is 51.4 Å². The van der Waals surface area contributed by atoms with Gasteiger partial charge in [-0.2, -0.15) is 39.5 Å². The van der Waals surface area contributed by atoms with Gasteiger partial charge in [0.05, 0.1) is 29.1 Å². The van der Waals surface area contributed by atoms with Crippen molar-refractivity contribution in [1.82, 2.24) is 25.2 Å². The molecular weight excluding hydrogens is 569 g/mol. The van der Waals surface area contributed by atoms with E-state index in [0.29, 0.717) is 16.2 Å². The number of carbonyl (C=O) groups is 2. The third-order valence-electron chi connectivity index (χ3n) is 5.02. The third kappa shape index (κ3) is 7.42. The Balaban J connectivity index is 1.88. The first-order valence-corrected chi connectivity index (χ1v) is 11.4. The van der Waals surface area contributed by atoms with Crippen molar-refractivity contribution >= 4 is 23.2 Å². The second-order valence-electron chi connectivity index (χ2n) is 8.09. The topological polar surface area (TPSA) is 88.1 Å². The Kier molecular flexibility index (Phi) is 8.23. The number of hydrogen-bond donors (Lipinski definition) is 1. The number of hydrogen-bond acceptors (Lipinski definition) is 6. The SMILES string of the molecule is CC(NC(=O)c1cc(C(F)(F)F)cc(C(F)(F)F)c1)c1nccnc1-c1ncc(C(=O)N(C)CC(F)(F)F)s1. The summed E-state index contributed by atoms with van der Waals surface area (Å²) in [6.07, 6.45) is -11.6. The largest absolute Gasteiger partial charge is 0.416 e. The maximum Gasteiger partial charge on any atom is 0.416 e. The minimum Gasteiger partial charge on any atom is -0.344 e. The third-order valence-corrected chi connectivity index (χ3v) is 6.01. The van der Waals surface area contributed by atoms with Crippen LogP contribution in [0.1, 0.15) is 49.8 Å². The van der Waals surface area contributed by atoms with Gasteiger partial charge >= 0.3 is 18.5 Å². The lowest BCUT2D eigenvalue weighted by molar-refractivity contribution is -0.143. The van der Waals surface area contributed by atoms with E-state index in [-0.39, 0.29) is 39.5 Å². The molecule has 1 unspecified atom stereocenters. The Labute approximate surface area is 217 Å². The molecule has 0 aliphatic rings. The van der Waals surface area contributed by atoms with E-state index >= 15 is 0 Å². The van der Waals surface area contributed by atoms with Gasteiger partial charge in [-0.05, 0) is 25.1 Å². The van der Waals surface area contributed by atoms with Gasteiger partial charge in [0, 0.05) is 25.0 Å². The summed E-state index contributed by atoms with van der Waals surface area (Å²) in [4.78, 5) is 37.3. The Bertz CT molecular complexity index is 1340. The molecule has 0 bridgehead atoms. The molecule has 2 heterocycles. The molecule has 7 nitrogen and oxygen atoms in total. The van der Waals surface area contributed by atoms with Gasteiger partial charge in [0.25, 0.3) is 11.8 Å². The molecule has 3 rings (SSSR count). The summed E-state index contributed by atoms with van der Waals surface area (Å²) in [6.45, 7) is -0.190. The van der Waals surface area contributed by atoms with Crippen molar-refractivity contribution < 1.29 is 49.1 Å². The number of carbonyl (C=O) groups excluding carboxylic acids is 2. The fraction of sp³-hybridized carbons (Fsp3) is 0.318. The number of rotatable bonds is 6. The maximum absolute atomic E-state index is 13.2. The summed E-state index contributed by atoms with van der Waals surface area (Å²) in [5.74, 6) is -2.26. The summed E-state index contributed by atoms with van der Waals surface area (Å²) in [6, 6.07) is -0.717. The lowest BCUT2D eigenvalue weighted by atomic mass is 10.0. The first-order chi connectivity index (χ1) is 17.9. The lowest BCUT2D eigenvalue weighted by Gasteiger charge is -2.18. The van der Waals surface area contributed by atoms with Crippen LogP contribution in [0.2, 0.25) is 0 Å². The van der Waals surface area contributed by atoms with Crippen LogP contribution < -0.4 is 5.32 Å². The van der Waals surface area contributed by atoms with Crippen LogP contribution in [0.25, 0.3) is 10.7 Å². The average Bonchev–Trinajstić information content (AvgIpc) is 3.31. The minimum absolute atomic E-state index is 0.0152. The van der Waals surface area contributed by atoms with Crippen molar-refractivity contribution in [3.63, 3.8) is 0 Å². The van der Waals surface area contributed by atoms with Crippen molar-refractivity contribution in [2.75, 3.05) is 13.6 Å². The molecule has 0 fully saturated rings. The van der Waals surface area contributed by atoms with Gasteiger partial charge in [-0.3, -0.25) is 19.6 Å². The van der Waals surface area contributed by atoms with E-state index in [0.717, 1.165) is 13.2 Å². The highest BCUT2D eigenvalue weighted by Gasteiger charge is 2.38. The van der Waals surface area contributed by atoms with Crippen molar-refractivity contribution in [1.29, 1.82) is 0 Å². The fourth-order valence-corrected chi connectivity index (χ4v) is 4.19. The number of halogens is 9. The smallest absolute Gasteiger partial charge is 0.344 e. The molecule has 1 aromatic carbocycles. The molecule has 2 amide bonds. The molecule has 0 saturated heterocycles. The van der Waals surface area contributed by atoms with Gasteiger partial charge in [0.15, 0.2) is 0 Å². The summed E-state index contributed by atoms with van der Waals surface area (Å²) >= 11 is 0.670. The first kappa shape index (κ1) is 29.8. The highest BCUT2D eigenvalue weighted by Crippen LogP contribution is 2.36. The normalized spacial score (nSPS) is 13.2. The van der Waals surface area contributed by atoms with Gasteiger partial charge in [-0.15, -0.1) is 11.3 Å². The summed E-state index contributed by atoms with van der Waals surface area (Å²) in [5.41, 5.74) is -4.31. The zero-order valence-electron chi connectivity index (χ0n) is 19.7. The van der Waals surface area contributed by atoms with Gasteiger partial charge in [0.1, 0.15) is 22.1 Å². The number of nitrogens with zero attached hydrogens (tertiary/aromatic N) is 4. The van der Waals surface area contributed by atoms with Crippen LogP contribution >= 0.6 is 11.3 Å². The predicted molar refractivity (Wildman–Crippen MR) is 118 cm³/mol. The molecule has 0 spiro atoms. The standard InChI is InChI=1S/C22H16F9N5O2S/c1-10(35-17(37)11-5-12(21(26,27)28)7-13(6-11)22(29,30)31)15-16(33-4-3-32-15)18-34-8-14(39-18)19(38)36(2)9-20(23,24)25/h3-8,10H,9H2,1-2H3,(H,35,37). The van der Waals surface area contributed by atoms with E-state index in [1.807, 2.05) is 0 Å². The average molecular weight is 585 g/mol. The molecule has 39 heavy (non-hydrogen) atoms. The molecule has 17 heteroatoms. The number of aromatic nitrogens is 3.